The molecule has 0 radical (unpaired) electrons. The van der Waals surface area contributed by atoms with Crippen molar-refractivity contribution in [2.24, 2.45) is 0 Å². The number of nitrogen functional groups attached to an aromatic ring is 1. The molecule has 1 aromatic rings. The Labute approximate surface area is 112 Å². The van der Waals surface area contributed by atoms with Gasteiger partial charge in [-0.25, -0.2) is 0 Å². The number of aromatic nitrogens is 3. The van der Waals surface area contributed by atoms with Gasteiger partial charge >= 0.3 is 6.01 Å². The van der Waals surface area contributed by atoms with E-state index in [-0.39, 0.29) is 12.0 Å². The number of nitrogens with two attached hydrogens (primary N) is 1. The van der Waals surface area contributed by atoms with E-state index in [0.29, 0.717) is 38.9 Å². The van der Waals surface area contributed by atoms with Gasteiger partial charge in [-0.1, -0.05) is 0 Å². The molecule has 0 fully saturated rings. The smallest absolute Gasteiger partial charge is 0.323 e. The number of methoxy groups -OCH3 is 2. The molecule has 0 saturated carbocycles. The van der Waals surface area contributed by atoms with Gasteiger partial charge in [-0.3, -0.25) is 0 Å². The minimum Gasteiger partial charge on any atom is -0.464 e. The molecule has 0 amide bonds. The Kier molecular flexibility index (Phi) is 6.83. The molecule has 108 valence electrons. The normalized spacial score (nSPS) is 10.5. The molecule has 2 N–H and O–H groups in total. The van der Waals surface area contributed by atoms with Gasteiger partial charge in [0.25, 0.3) is 0 Å². The Bertz CT molecular complexity index is 369. The quantitative estimate of drug-likeness (QED) is 0.668. The van der Waals surface area contributed by atoms with Crippen LogP contribution < -0.4 is 15.4 Å². The Morgan fingerprint density at radius 1 is 1.05 bits per heavy atom. The lowest BCUT2D eigenvalue weighted by Gasteiger charge is -2.22. The van der Waals surface area contributed by atoms with Crippen LogP contribution in [0.4, 0.5) is 11.9 Å². The topological polar surface area (TPSA) is 95.6 Å². The number of hydrogen-bond acceptors (Lipinski definition) is 8. The van der Waals surface area contributed by atoms with Crippen molar-refractivity contribution < 1.29 is 14.2 Å². The molecule has 0 saturated heterocycles. The standard InChI is InChI=1S/C11H21N5O3/c1-4-19-11-14-9(12)13-10(15-11)16(5-7-17-2)6-8-18-3/h4-8H2,1-3H3,(H2,12,13,14,15). The van der Waals surface area contributed by atoms with E-state index in [2.05, 4.69) is 15.0 Å². The Morgan fingerprint density at radius 3 is 2.21 bits per heavy atom. The van der Waals surface area contributed by atoms with Gasteiger partial charge in [0.1, 0.15) is 0 Å². The lowest BCUT2D eigenvalue weighted by molar-refractivity contribution is 0.189. The van der Waals surface area contributed by atoms with Crippen molar-refractivity contribution in [2.75, 3.05) is 57.8 Å². The van der Waals surface area contributed by atoms with Gasteiger partial charge in [-0.15, -0.1) is 0 Å². The highest BCUT2D eigenvalue weighted by molar-refractivity contribution is 5.35. The highest BCUT2D eigenvalue weighted by atomic mass is 16.5. The van der Waals surface area contributed by atoms with Crippen LogP contribution in [0, 0.1) is 0 Å². The predicted octanol–water partition coefficient (Wildman–Crippen LogP) is -0.0483. The molecule has 8 nitrogen and oxygen atoms in total. The van der Waals surface area contributed by atoms with Gasteiger partial charge in [0.2, 0.25) is 11.9 Å². The summed E-state index contributed by atoms with van der Waals surface area (Å²) in [6.45, 7) is 4.70. The maximum absolute atomic E-state index is 5.65. The van der Waals surface area contributed by atoms with E-state index < -0.39 is 0 Å². The van der Waals surface area contributed by atoms with Crippen LogP contribution in [0.2, 0.25) is 0 Å². The first-order valence-electron chi connectivity index (χ1n) is 6.08. The fourth-order valence-electron chi connectivity index (χ4n) is 1.41. The van der Waals surface area contributed by atoms with Crippen LogP contribution in [0.25, 0.3) is 0 Å². The zero-order valence-electron chi connectivity index (χ0n) is 11.6. The molecule has 0 aliphatic rings. The average Bonchev–Trinajstić information content (AvgIpc) is 2.38. The predicted molar refractivity (Wildman–Crippen MR) is 71.4 cm³/mol. The SMILES string of the molecule is CCOc1nc(N)nc(N(CCOC)CCOC)n1. The van der Waals surface area contributed by atoms with Crippen LogP contribution in [0.5, 0.6) is 6.01 Å². The van der Waals surface area contributed by atoms with Gasteiger partial charge in [0.15, 0.2) is 0 Å². The van der Waals surface area contributed by atoms with Gasteiger partial charge in [0, 0.05) is 27.3 Å². The lowest BCUT2D eigenvalue weighted by Crippen LogP contribution is -2.32. The van der Waals surface area contributed by atoms with Gasteiger partial charge < -0.3 is 24.8 Å². The van der Waals surface area contributed by atoms with Crippen molar-refractivity contribution in [3.63, 3.8) is 0 Å². The highest BCUT2D eigenvalue weighted by Crippen LogP contribution is 2.13. The fourth-order valence-corrected chi connectivity index (χ4v) is 1.41. The fraction of sp³-hybridized carbons (Fsp3) is 0.727. The second kappa shape index (κ2) is 8.44. The van der Waals surface area contributed by atoms with Crippen molar-refractivity contribution in [1.29, 1.82) is 0 Å². The summed E-state index contributed by atoms with van der Waals surface area (Å²) in [5.41, 5.74) is 5.65. The van der Waals surface area contributed by atoms with E-state index in [9.17, 15) is 0 Å². The molecule has 0 aliphatic heterocycles. The van der Waals surface area contributed by atoms with Crippen LogP contribution in [-0.4, -0.2) is 62.1 Å². The van der Waals surface area contributed by atoms with E-state index in [1.165, 1.54) is 0 Å². The molecule has 0 atom stereocenters. The van der Waals surface area contributed by atoms with Crippen LogP contribution in [0.1, 0.15) is 6.92 Å². The summed E-state index contributed by atoms with van der Waals surface area (Å²) < 4.78 is 15.4. The zero-order chi connectivity index (χ0) is 14.1. The van der Waals surface area contributed by atoms with E-state index >= 15 is 0 Å². The number of nitrogens with zero attached hydrogens (tertiary/aromatic N) is 4. The molecular weight excluding hydrogens is 250 g/mol. The molecule has 0 bridgehead atoms. The minimum absolute atomic E-state index is 0.133. The van der Waals surface area contributed by atoms with Crippen molar-refractivity contribution in [2.45, 2.75) is 6.92 Å². The van der Waals surface area contributed by atoms with Crippen LogP contribution in [-0.2, 0) is 9.47 Å². The summed E-state index contributed by atoms with van der Waals surface area (Å²) in [7, 11) is 3.28. The number of anilines is 2. The van der Waals surface area contributed by atoms with Gasteiger partial charge in [-0.05, 0) is 6.92 Å². The molecule has 0 aromatic carbocycles. The number of hydrogen-bond donors (Lipinski definition) is 1. The van der Waals surface area contributed by atoms with Crippen LogP contribution in [0.15, 0.2) is 0 Å². The number of ether oxygens (including phenoxy) is 3. The first-order chi connectivity index (χ1) is 9.21. The molecule has 8 heteroatoms. The molecule has 1 rings (SSSR count). The van der Waals surface area contributed by atoms with E-state index in [1.54, 1.807) is 14.2 Å². The summed E-state index contributed by atoms with van der Waals surface area (Å²) in [6.07, 6.45) is 0. The Morgan fingerprint density at radius 2 is 1.68 bits per heavy atom. The molecule has 1 heterocycles. The molecule has 1 aromatic heterocycles. The first-order valence-corrected chi connectivity index (χ1v) is 6.08. The van der Waals surface area contributed by atoms with Gasteiger partial charge in [-0.2, -0.15) is 15.0 Å². The van der Waals surface area contributed by atoms with Crippen molar-refractivity contribution in [3.8, 4) is 6.01 Å². The maximum atomic E-state index is 5.65. The molecule has 0 aliphatic carbocycles. The second-order valence-electron chi connectivity index (χ2n) is 3.68. The summed E-state index contributed by atoms with van der Waals surface area (Å²) in [4.78, 5) is 14.2. The monoisotopic (exact) mass is 271 g/mol. The summed E-state index contributed by atoms with van der Waals surface area (Å²) in [5, 5.41) is 0. The van der Waals surface area contributed by atoms with E-state index in [4.69, 9.17) is 19.9 Å². The first kappa shape index (κ1) is 15.4. The van der Waals surface area contributed by atoms with Gasteiger partial charge in [0.05, 0.1) is 19.8 Å². The van der Waals surface area contributed by atoms with Crippen molar-refractivity contribution in [3.05, 3.63) is 0 Å². The van der Waals surface area contributed by atoms with E-state index in [1.807, 2.05) is 11.8 Å². The largest absolute Gasteiger partial charge is 0.464 e. The van der Waals surface area contributed by atoms with E-state index in [0.717, 1.165) is 0 Å². The molecular formula is C11H21N5O3. The summed E-state index contributed by atoms with van der Waals surface area (Å²) in [6, 6.07) is 0.227. The summed E-state index contributed by atoms with van der Waals surface area (Å²) in [5.74, 6) is 0.596. The number of rotatable bonds is 9. The summed E-state index contributed by atoms with van der Waals surface area (Å²) >= 11 is 0. The second-order valence-corrected chi connectivity index (χ2v) is 3.68. The third-order valence-corrected chi connectivity index (χ3v) is 2.31. The van der Waals surface area contributed by atoms with Crippen molar-refractivity contribution in [1.82, 2.24) is 15.0 Å². The zero-order valence-corrected chi connectivity index (χ0v) is 11.6. The van der Waals surface area contributed by atoms with Crippen LogP contribution in [0.3, 0.4) is 0 Å². The Hall–Kier alpha value is -1.67. The van der Waals surface area contributed by atoms with Crippen molar-refractivity contribution >= 4 is 11.9 Å². The maximum Gasteiger partial charge on any atom is 0.323 e. The minimum atomic E-state index is 0.133. The third kappa shape index (κ3) is 5.23. The third-order valence-electron chi connectivity index (χ3n) is 2.31. The molecule has 19 heavy (non-hydrogen) atoms. The van der Waals surface area contributed by atoms with Crippen LogP contribution >= 0.6 is 0 Å². The lowest BCUT2D eigenvalue weighted by atomic mass is 10.5. The molecule has 0 spiro atoms. The molecule has 0 unspecified atom stereocenters. The Balaban J connectivity index is 2.85. The average molecular weight is 271 g/mol. The highest BCUT2D eigenvalue weighted by Gasteiger charge is 2.13.